The van der Waals surface area contributed by atoms with Crippen molar-refractivity contribution in [3.05, 3.63) is 23.8 Å². The summed E-state index contributed by atoms with van der Waals surface area (Å²) >= 11 is 0. The van der Waals surface area contributed by atoms with E-state index in [2.05, 4.69) is 0 Å². The van der Waals surface area contributed by atoms with Gasteiger partial charge in [0.15, 0.2) is 0 Å². The lowest BCUT2D eigenvalue weighted by molar-refractivity contribution is 0.0527. The van der Waals surface area contributed by atoms with E-state index in [0.717, 1.165) is 5.69 Å². The fraction of sp³-hybridized carbons (Fsp3) is 0.500. The second-order valence-corrected chi connectivity index (χ2v) is 4.55. The lowest BCUT2D eigenvalue weighted by Crippen LogP contribution is -2.22. The molecular formula is C14H22N2O3. The first kappa shape index (κ1) is 15.3. The van der Waals surface area contributed by atoms with Crippen LogP contribution in [0.4, 0.5) is 11.4 Å². The predicted octanol–water partition coefficient (Wildman–Crippen LogP) is 1.65. The molecule has 0 heterocycles. The summed E-state index contributed by atoms with van der Waals surface area (Å²) < 4.78 is 4.96. The molecule has 1 aromatic rings. The Morgan fingerprint density at radius 1 is 1.53 bits per heavy atom. The average Bonchev–Trinajstić information content (AvgIpc) is 2.36. The van der Waals surface area contributed by atoms with Crippen LogP contribution in [0.3, 0.4) is 0 Å². The molecule has 5 heteroatoms. The van der Waals surface area contributed by atoms with Crippen LogP contribution in [0.2, 0.25) is 0 Å². The Hall–Kier alpha value is -1.75. The molecule has 3 N–H and O–H groups in total. The molecule has 0 amide bonds. The van der Waals surface area contributed by atoms with Gasteiger partial charge in [0.2, 0.25) is 0 Å². The number of rotatable bonds is 6. The third-order valence-electron chi connectivity index (χ3n) is 2.86. The van der Waals surface area contributed by atoms with E-state index in [1.807, 2.05) is 18.0 Å². The Kier molecular flexibility index (Phi) is 5.63. The number of esters is 1. The van der Waals surface area contributed by atoms with Crippen molar-refractivity contribution in [2.24, 2.45) is 0 Å². The highest BCUT2D eigenvalue weighted by Crippen LogP contribution is 2.21. The number of aliphatic hydroxyl groups is 1. The molecule has 1 unspecified atom stereocenters. The van der Waals surface area contributed by atoms with Crippen molar-refractivity contribution in [3.8, 4) is 0 Å². The van der Waals surface area contributed by atoms with E-state index in [1.165, 1.54) is 0 Å². The second-order valence-electron chi connectivity index (χ2n) is 4.55. The van der Waals surface area contributed by atoms with Crippen molar-refractivity contribution in [3.63, 3.8) is 0 Å². The number of nitrogens with two attached hydrogens (primary N) is 1. The van der Waals surface area contributed by atoms with Crippen molar-refractivity contribution >= 4 is 17.3 Å². The zero-order chi connectivity index (χ0) is 14.4. The summed E-state index contributed by atoms with van der Waals surface area (Å²) in [5.74, 6) is -0.411. The number of hydrogen-bond acceptors (Lipinski definition) is 5. The van der Waals surface area contributed by atoms with Gasteiger partial charge in [-0.25, -0.2) is 4.79 Å². The fourth-order valence-corrected chi connectivity index (χ4v) is 1.68. The maximum atomic E-state index is 11.7. The van der Waals surface area contributed by atoms with Crippen LogP contribution >= 0.6 is 0 Å². The quantitative estimate of drug-likeness (QED) is 0.605. The number of ether oxygens (including phenoxy) is 1. The Morgan fingerprint density at radius 2 is 2.21 bits per heavy atom. The van der Waals surface area contributed by atoms with E-state index in [-0.39, 0.29) is 6.10 Å². The van der Waals surface area contributed by atoms with Gasteiger partial charge in [0.05, 0.1) is 18.3 Å². The Labute approximate surface area is 114 Å². The highest BCUT2D eigenvalue weighted by Gasteiger charge is 2.13. The van der Waals surface area contributed by atoms with Crippen LogP contribution in [0.1, 0.15) is 30.6 Å². The minimum atomic E-state index is -0.411. The molecule has 0 saturated heterocycles. The normalized spacial score (nSPS) is 12.0. The number of nitrogens with zero attached hydrogens (tertiary/aromatic N) is 1. The number of nitrogen functional groups attached to an aromatic ring is 1. The molecule has 0 saturated carbocycles. The van der Waals surface area contributed by atoms with Gasteiger partial charge in [-0.3, -0.25) is 0 Å². The van der Waals surface area contributed by atoms with Crippen LogP contribution in [-0.4, -0.2) is 37.4 Å². The largest absolute Gasteiger partial charge is 0.462 e. The molecule has 0 aliphatic carbocycles. The summed E-state index contributed by atoms with van der Waals surface area (Å²) in [6.07, 6.45) is 0.316. The first-order valence-corrected chi connectivity index (χ1v) is 6.41. The standard InChI is InChI=1S/C14H22N2O3/c1-4-19-14(18)12-9-11(5-6-13(12)15)16(3)8-7-10(2)17/h5-6,9-10,17H,4,7-8,15H2,1-3H3. The first-order valence-electron chi connectivity index (χ1n) is 6.41. The topological polar surface area (TPSA) is 75.8 Å². The number of hydrogen-bond donors (Lipinski definition) is 2. The molecule has 1 aromatic carbocycles. The van der Waals surface area contributed by atoms with Gasteiger partial charge in [0.25, 0.3) is 0 Å². The van der Waals surface area contributed by atoms with Gasteiger partial charge in [-0.05, 0) is 38.5 Å². The Bertz CT molecular complexity index is 433. The minimum Gasteiger partial charge on any atom is -0.462 e. The molecule has 0 fully saturated rings. The zero-order valence-corrected chi connectivity index (χ0v) is 11.7. The van der Waals surface area contributed by atoms with E-state index < -0.39 is 5.97 Å². The number of anilines is 2. The fourth-order valence-electron chi connectivity index (χ4n) is 1.68. The average molecular weight is 266 g/mol. The van der Waals surface area contributed by atoms with Crippen LogP contribution in [0.25, 0.3) is 0 Å². The van der Waals surface area contributed by atoms with Gasteiger partial charge in [-0.15, -0.1) is 0 Å². The molecule has 5 nitrogen and oxygen atoms in total. The Balaban J connectivity index is 2.86. The third-order valence-corrected chi connectivity index (χ3v) is 2.86. The number of aliphatic hydroxyl groups excluding tert-OH is 1. The first-order chi connectivity index (χ1) is 8.95. The molecule has 0 aromatic heterocycles. The maximum absolute atomic E-state index is 11.7. The maximum Gasteiger partial charge on any atom is 0.340 e. The molecular weight excluding hydrogens is 244 g/mol. The van der Waals surface area contributed by atoms with E-state index in [9.17, 15) is 9.90 Å². The van der Waals surface area contributed by atoms with E-state index in [0.29, 0.717) is 30.8 Å². The lowest BCUT2D eigenvalue weighted by atomic mass is 10.1. The van der Waals surface area contributed by atoms with Crippen molar-refractivity contribution in [2.45, 2.75) is 26.4 Å². The molecule has 0 spiro atoms. The van der Waals surface area contributed by atoms with Crippen molar-refractivity contribution < 1.29 is 14.6 Å². The van der Waals surface area contributed by atoms with Crippen LogP contribution in [0, 0.1) is 0 Å². The van der Waals surface area contributed by atoms with Crippen LogP contribution in [0.15, 0.2) is 18.2 Å². The van der Waals surface area contributed by atoms with E-state index in [4.69, 9.17) is 10.5 Å². The molecule has 1 rings (SSSR count). The zero-order valence-electron chi connectivity index (χ0n) is 11.7. The van der Waals surface area contributed by atoms with Gasteiger partial charge >= 0.3 is 5.97 Å². The van der Waals surface area contributed by atoms with Crippen molar-refractivity contribution in [2.75, 3.05) is 30.8 Å². The smallest absolute Gasteiger partial charge is 0.340 e. The van der Waals surface area contributed by atoms with Gasteiger partial charge in [-0.1, -0.05) is 0 Å². The summed E-state index contributed by atoms with van der Waals surface area (Å²) in [5, 5.41) is 9.28. The number of benzene rings is 1. The lowest BCUT2D eigenvalue weighted by Gasteiger charge is -2.21. The second kappa shape index (κ2) is 6.99. The van der Waals surface area contributed by atoms with E-state index in [1.54, 1.807) is 26.0 Å². The molecule has 19 heavy (non-hydrogen) atoms. The summed E-state index contributed by atoms with van der Waals surface area (Å²) in [6.45, 7) is 4.53. The van der Waals surface area contributed by atoms with Gasteiger partial charge in [-0.2, -0.15) is 0 Å². The highest BCUT2D eigenvalue weighted by molar-refractivity contribution is 5.96. The van der Waals surface area contributed by atoms with Gasteiger partial charge < -0.3 is 20.5 Å². The summed E-state index contributed by atoms with van der Waals surface area (Å²) in [4.78, 5) is 13.7. The molecule has 0 radical (unpaired) electrons. The SMILES string of the molecule is CCOC(=O)c1cc(N(C)CCC(C)O)ccc1N. The summed E-state index contributed by atoms with van der Waals surface area (Å²) in [6, 6.07) is 5.26. The third kappa shape index (κ3) is 4.44. The molecule has 0 bridgehead atoms. The predicted molar refractivity (Wildman–Crippen MR) is 76.4 cm³/mol. The van der Waals surface area contributed by atoms with Crippen molar-refractivity contribution in [1.82, 2.24) is 0 Å². The molecule has 0 aliphatic rings. The molecule has 1 atom stereocenters. The van der Waals surface area contributed by atoms with Gasteiger partial charge in [0.1, 0.15) is 0 Å². The summed E-state index contributed by atoms with van der Waals surface area (Å²) in [5.41, 5.74) is 7.44. The monoisotopic (exact) mass is 266 g/mol. The van der Waals surface area contributed by atoms with Gasteiger partial charge in [0, 0.05) is 25.0 Å². The molecule has 0 aliphatic heterocycles. The van der Waals surface area contributed by atoms with Crippen LogP contribution in [-0.2, 0) is 4.74 Å². The minimum absolute atomic E-state index is 0.320. The van der Waals surface area contributed by atoms with Crippen LogP contribution in [0.5, 0.6) is 0 Å². The highest BCUT2D eigenvalue weighted by atomic mass is 16.5. The summed E-state index contributed by atoms with van der Waals surface area (Å²) in [7, 11) is 1.91. The number of carbonyl (C=O) groups excluding carboxylic acids is 1. The van der Waals surface area contributed by atoms with Crippen LogP contribution < -0.4 is 10.6 Å². The van der Waals surface area contributed by atoms with E-state index >= 15 is 0 Å². The number of carbonyl (C=O) groups is 1. The Morgan fingerprint density at radius 3 is 2.79 bits per heavy atom. The molecule has 106 valence electrons. The van der Waals surface area contributed by atoms with Crippen molar-refractivity contribution in [1.29, 1.82) is 0 Å².